The number of halogens is 2. The molecule has 0 fully saturated rings. The molecule has 2 aromatic heterocycles. The average Bonchev–Trinajstić information content (AvgIpc) is 3.08. The minimum Gasteiger partial charge on any atom is -0.332 e. The third kappa shape index (κ3) is 3.22. The van der Waals surface area contributed by atoms with Crippen molar-refractivity contribution in [1.82, 2.24) is 19.9 Å². The molecule has 3 aromatic rings. The van der Waals surface area contributed by atoms with Crippen LogP contribution in [0.4, 0.5) is 20.4 Å². The lowest BCUT2D eigenvalue weighted by molar-refractivity contribution is 0.122. The molecule has 1 N–H and O–H groups in total. The Balaban J connectivity index is 1.74. The van der Waals surface area contributed by atoms with Crippen LogP contribution in [-0.4, -0.2) is 26.3 Å². The van der Waals surface area contributed by atoms with E-state index in [1.54, 1.807) is 0 Å². The summed E-state index contributed by atoms with van der Waals surface area (Å²) in [5.41, 5.74) is 1.31. The van der Waals surface area contributed by atoms with Gasteiger partial charge in [0.25, 0.3) is 18.3 Å². The third-order valence-electron chi connectivity index (χ3n) is 2.66. The fourth-order valence-electron chi connectivity index (χ4n) is 1.76. The molecule has 21 heavy (non-hydrogen) atoms. The van der Waals surface area contributed by atoms with Gasteiger partial charge in [-0.3, -0.25) is 4.68 Å². The Morgan fingerprint density at radius 2 is 2.05 bits per heavy atom. The number of hydrogen-bond acceptors (Lipinski definition) is 5. The van der Waals surface area contributed by atoms with E-state index in [4.69, 9.17) is 4.52 Å². The van der Waals surface area contributed by atoms with Crippen LogP contribution >= 0.6 is 0 Å². The van der Waals surface area contributed by atoms with Gasteiger partial charge in [-0.2, -0.15) is 10.1 Å². The normalized spacial score (nSPS) is 11.0. The summed E-state index contributed by atoms with van der Waals surface area (Å²) in [4.78, 5) is 4.14. The van der Waals surface area contributed by atoms with Crippen LogP contribution in [0.25, 0.3) is 11.5 Å². The minimum absolute atomic E-state index is 0.217. The van der Waals surface area contributed by atoms with Gasteiger partial charge in [-0.1, -0.05) is 18.2 Å². The number of benzene rings is 1. The molecule has 0 saturated heterocycles. The second-order valence-electron chi connectivity index (χ2n) is 4.26. The SMILES string of the molecule is FC(F)Cn1cc(-c2nc(Nc3ccccc3)no2)cn1. The molecule has 1 aromatic carbocycles. The highest BCUT2D eigenvalue weighted by Gasteiger charge is 2.12. The van der Waals surface area contributed by atoms with Crippen molar-refractivity contribution in [1.29, 1.82) is 0 Å². The molecule has 108 valence electrons. The summed E-state index contributed by atoms with van der Waals surface area (Å²) in [6, 6.07) is 9.35. The van der Waals surface area contributed by atoms with Crippen molar-refractivity contribution in [3.63, 3.8) is 0 Å². The summed E-state index contributed by atoms with van der Waals surface area (Å²) in [7, 11) is 0. The van der Waals surface area contributed by atoms with Crippen LogP contribution in [0.5, 0.6) is 0 Å². The van der Waals surface area contributed by atoms with Gasteiger partial charge in [-0.25, -0.2) is 8.78 Å². The summed E-state index contributed by atoms with van der Waals surface area (Å²) in [6.45, 7) is -0.469. The summed E-state index contributed by atoms with van der Waals surface area (Å²) in [5.74, 6) is 0.506. The van der Waals surface area contributed by atoms with Gasteiger partial charge in [0.15, 0.2) is 0 Å². The van der Waals surface area contributed by atoms with Crippen LogP contribution in [0.1, 0.15) is 0 Å². The Labute approximate surface area is 118 Å². The molecule has 0 aliphatic rings. The van der Waals surface area contributed by atoms with E-state index in [0.717, 1.165) is 10.4 Å². The van der Waals surface area contributed by atoms with Crippen LogP contribution in [0.3, 0.4) is 0 Å². The Bertz CT molecular complexity index is 710. The number of para-hydroxylation sites is 1. The standard InChI is InChI=1S/C13H11F2N5O/c14-11(15)8-20-7-9(6-16-20)12-18-13(19-21-12)17-10-4-2-1-3-5-10/h1-7,11H,8H2,(H,17,19). The lowest BCUT2D eigenvalue weighted by atomic mass is 10.3. The molecule has 2 heterocycles. The van der Waals surface area contributed by atoms with Crippen molar-refractivity contribution >= 4 is 11.6 Å². The van der Waals surface area contributed by atoms with E-state index in [2.05, 4.69) is 20.6 Å². The molecule has 8 heteroatoms. The molecule has 6 nitrogen and oxygen atoms in total. The smallest absolute Gasteiger partial charge is 0.268 e. The highest BCUT2D eigenvalue weighted by Crippen LogP contribution is 2.20. The predicted molar refractivity (Wildman–Crippen MR) is 71.2 cm³/mol. The predicted octanol–water partition coefficient (Wildman–Crippen LogP) is 2.94. The van der Waals surface area contributed by atoms with Crippen LogP contribution < -0.4 is 5.32 Å². The van der Waals surface area contributed by atoms with E-state index in [1.165, 1.54) is 12.4 Å². The molecule has 0 bridgehead atoms. The Hall–Kier alpha value is -2.77. The zero-order valence-electron chi connectivity index (χ0n) is 10.8. The van der Waals surface area contributed by atoms with Gasteiger partial charge < -0.3 is 9.84 Å². The molecule has 0 atom stereocenters. The topological polar surface area (TPSA) is 68.8 Å². The number of nitrogens with one attached hydrogen (secondary N) is 1. The van der Waals surface area contributed by atoms with Gasteiger partial charge in [-0.15, -0.1) is 0 Å². The molecule has 0 radical (unpaired) electrons. The first-order valence-electron chi connectivity index (χ1n) is 6.17. The molecule has 3 rings (SSSR count). The molecular formula is C13H11F2N5O. The van der Waals surface area contributed by atoms with Crippen LogP contribution in [-0.2, 0) is 6.54 Å². The van der Waals surface area contributed by atoms with Gasteiger partial charge in [0.1, 0.15) is 6.54 Å². The largest absolute Gasteiger partial charge is 0.332 e. The van der Waals surface area contributed by atoms with Gasteiger partial charge >= 0.3 is 0 Å². The van der Waals surface area contributed by atoms with Gasteiger partial charge in [0, 0.05) is 11.9 Å². The summed E-state index contributed by atoms with van der Waals surface area (Å²) in [5, 5.41) is 10.6. The van der Waals surface area contributed by atoms with Crippen molar-refractivity contribution in [3.05, 3.63) is 42.7 Å². The van der Waals surface area contributed by atoms with Gasteiger partial charge in [-0.05, 0) is 17.3 Å². The number of nitrogens with zero attached hydrogens (tertiary/aromatic N) is 4. The summed E-state index contributed by atoms with van der Waals surface area (Å²) in [6.07, 6.45) is 0.379. The van der Waals surface area contributed by atoms with Crippen molar-refractivity contribution in [3.8, 4) is 11.5 Å². The van der Waals surface area contributed by atoms with Gasteiger partial charge in [0.2, 0.25) is 0 Å². The fourth-order valence-corrected chi connectivity index (χ4v) is 1.76. The third-order valence-corrected chi connectivity index (χ3v) is 2.66. The van der Waals surface area contributed by atoms with E-state index in [0.29, 0.717) is 5.56 Å². The molecule has 0 saturated carbocycles. The molecule has 0 aliphatic carbocycles. The number of hydrogen-bond donors (Lipinski definition) is 1. The second-order valence-corrected chi connectivity index (χ2v) is 4.26. The van der Waals surface area contributed by atoms with Crippen molar-refractivity contribution < 1.29 is 13.3 Å². The summed E-state index contributed by atoms with van der Waals surface area (Å²) < 4.78 is 30.7. The number of aromatic nitrogens is 4. The Morgan fingerprint density at radius 1 is 1.24 bits per heavy atom. The van der Waals surface area contributed by atoms with Crippen molar-refractivity contribution in [2.24, 2.45) is 0 Å². The van der Waals surface area contributed by atoms with E-state index in [-0.39, 0.29) is 11.8 Å². The lowest BCUT2D eigenvalue weighted by Gasteiger charge is -1.98. The maximum Gasteiger partial charge on any atom is 0.268 e. The molecule has 0 aliphatic heterocycles. The monoisotopic (exact) mass is 291 g/mol. The van der Waals surface area contributed by atoms with E-state index in [9.17, 15) is 8.78 Å². The quantitative estimate of drug-likeness (QED) is 0.782. The number of alkyl halides is 2. The molecular weight excluding hydrogens is 280 g/mol. The van der Waals surface area contributed by atoms with Crippen LogP contribution in [0.2, 0.25) is 0 Å². The first kappa shape index (κ1) is 13.2. The highest BCUT2D eigenvalue weighted by molar-refractivity contribution is 5.56. The first-order chi connectivity index (χ1) is 10.2. The van der Waals surface area contributed by atoms with Crippen molar-refractivity contribution in [2.75, 3.05) is 5.32 Å². The number of rotatable bonds is 5. The zero-order chi connectivity index (χ0) is 14.7. The van der Waals surface area contributed by atoms with E-state index in [1.807, 2.05) is 30.3 Å². The fraction of sp³-hybridized carbons (Fsp3) is 0.154. The van der Waals surface area contributed by atoms with E-state index < -0.39 is 13.0 Å². The maximum atomic E-state index is 12.3. The Morgan fingerprint density at radius 3 is 2.81 bits per heavy atom. The average molecular weight is 291 g/mol. The Kier molecular flexibility index (Phi) is 3.59. The molecule has 0 spiro atoms. The lowest BCUT2D eigenvalue weighted by Crippen LogP contribution is -2.06. The van der Waals surface area contributed by atoms with Crippen molar-refractivity contribution in [2.45, 2.75) is 13.0 Å². The van der Waals surface area contributed by atoms with Crippen LogP contribution in [0, 0.1) is 0 Å². The first-order valence-corrected chi connectivity index (χ1v) is 6.17. The second kappa shape index (κ2) is 5.70. The highest BCUT2D eigenvalue weighted by atomic mass is 19.3. The van der Waals surface area contributed by atoms with Gasteiger partial charge in [0.05, 0.1) is 11.8 Å². The number of anilines is 2. The van der Waals surface area contributed by atoms with E-state index >= 15 is 0 Å². The zero-order valence-corrected chi connectivity index (χ0v) is 10.8. The summed E-state index contributed by atoms with van der Waals surface area (Å²) >= 11 is 0. The molecule has 0 amide bonds. The minimum atomic E-state index is -2.46. The molecule has 0 unspecified atom stereocenters. The van der Waals surface area contributed by atoms with Crippen LogP contribution in [0.15, 0.2) is 47.2 Å². The maximum absolute atomic E-state index is 12.3.